The first-order valence-corrected chi connectivity index (χ1v) is 5.14. The van der Waals surface area contributed by atoms with Gasteiger partial charge in [-0.05, 0) is 18.9 Å². The van der Waals surface area contributed by atoms with Gasteiger partial charge < -0.3 is 0 Å². The second-order valence-electron chi connectivity index (χ2n) is 3.13. The first-order valence-electron chi connectivity index (χ1n) is 4.38. The van der Waals surface area contributed by atoms with Crippen molar-refractivity contribution < 1.29 is 0 Å². The zero-order valence-corrected chi connectivity index (χ0v) is 9.39. The van der Waals surface area contributed by atoms with Crippen LogP contribution in [0.3, 0.4) is 0 Å². The van der Waals surface area contributed by atoms with Crippen LogP contribution in [0.2, 0.25) is 10.2 Å². The molecule has 1 aromatic carbocycles. The van der Waals surface area contributed by atoms with E-state index < -0.39 is 0 Å². The molecule has 2 aromatic rings. The lowest BCUT2D eigenvalue weighted by molar-refractivity contribution is 1.07. The van der Waals surface area contributed by atoms with E-state index in [-0.39, 0.29) is 0 Å². The van der Waals surface area contributed by atoms with E-state index in [0.29, 0.717) is 16.7 Å². The third kappa shape index (κ3) is 1.96. The number of benzene rings is 1. The number of hydrogen-bond donors (Lipinski definition) is 0. The van der Waals surface area contributed by atoms with Crippen LogP contribution in [0.4, 0.5) is 0 Å². The molecule has 0 N–H and O–H groups in total. The SMILES string of the molecule is C=NCc1cc2cccc(Cl)c2nc1Cl. The zero-order valence-electron chi connectivity index (χ0n) is 7.87. The number of nitrogens with zero attached hydrogens (tertiary/aromatic N) is 2. The molecule has 0 atom stereocenters. The van der Waals surface area contributed by atoms with Gasteiger partial charge in [-0.15, -0.1) is 0 Å². The number of fused-ring (bicyclic) bond motifs is 1. The zero-order chi connectivity index (χ0) is 10.8. The van der Waals surface area contributed by atoms with Gasteiger partial charge in [0.1, 0.15) is 5.15 Å². The Kier molecular flexibility index (Phi) is 2.89. The van der Waals surface area contributed by atoms with Crippen molar-refractivity contribution in [3.05, 3.63) is 40.0 Å². The number of hydrogen-bond acceptors (Lipinski definition) is 2. The van der Waals surface area contributed by atoms with Crippen LogP contribution in [-0.2, 0) is 6.54 Å². The molecule has 1 aromatic heterocycles. The van der Waals surface area contributed by atoms with Crippen LogP contribution in [-0.4, -0.2) is 11.7 Å². The monoisotopic (exact) mass is 238 g/mol. The van der Waals surface area contributed by atoms with Gasteiger partial charge in [0.15, 0.2) is 0 Å². The number of pyridine rings is 1. The van der Waals surface area contributed by atoms with E-state index >= 15 is 0 Å². The molecule has 0 saturated carbocycles. The summed E-state index contributed by atoms with van der Waals surface area (Å²) in [5, 5.41) is 2.00. The average Bonchev–Trinajstić information content (AvgIpc) is 2.21. The summed E-state index contributed by atoms with van der Waals surface area (Å²) in [7, 11) is 0. The summed E-state index contributed by atoms with van der Waals surface area (Å²) in [6, 6.07) is 7.55. The molecule has 0 saturated heterocycles. The van der Waals surface area contributed by atoms with Crippen molar-refractivity contribution in [2.24, 2.45) is 4.99 Å². The van der Waals surface area contributed by atoms with Crippen molar-refractivity contribution >= 4 is 40.8 Å². The molecular weight excluding hydrogens is 231 g/mol. The van der Waals surface area contributed by atoms with E-state index in [4.69, 9.17) is 23.2 Å². The summed E-state index contributed by atoms with van der Waals surface area (Å²) in [6.45, 7) is 3.90. The highest BCUT2D eigenvalue weighted by Gasteiger charge is 2.06. The van der Waals surface area contributed by atoms with Gasteiger partial charge in [0.25, 0.3) is 0 Å². The van der Waals surface area contributed by atoms with Crippen molar-refractivity contribution in [2.45, 2.75) is 6.54 Å². The third-order valence-electron chi connectivity index (χ3n) is 2.10. The highest BCUT2D eigenvalue weighted by molar-refractivity contribution is 6.35. The van der Waals surface area contributed by atoms with Gasteiger partial charge in [-0.2, -0.15) is 0 Å². The highest BCUT2D eigenvalue weighted by Crippen LogP contribution is 2.26. The summed E-state index contributed by atoms with van der Waals surface area (Å²) in [4.78, 5) is 8.03. The van der Waals surface area contributed by atoms with Gasteiger partial charge in [0, 0.05) is 10.9 Å². The van der Waals surface area contributed by atoms with Crippen molar-refractivity contribution in [3.63, 3.8) is 0 Å². The molecule has 76 valence electrons. The van der Waals surface area contributed by atoms with E-state index in [9.17, 15) is 0 Å². The van der Waals surface area contributed by atoms with Gasteiger partial charge in [0.2, 0.25) is 0 Å². The lowest BCUT2D eigenvalue weighted by atomic mass is 10.1. The smallest absolute Gasteiger partial charge is 0.134 e. The summed E-state index contributed by atoms with van der Waals surface area (Å²) in [6.07, 6.45) is 0. The third-order valence-corrected chi connectivity index (χ3v) is 2.74. The molecular formula is C11H8Cl2N2. The van der Waals surface area contributed by atoms with Crippen molar-refractivity contribution in [2.75, 3.05) is 0 Å². The van der Waals surface area contributed by atoms with Gasteiger partial charge in [-0.3, -0.25) is 4.99 Å². The molecule has 0 aliphatic rings. The van der Waals surface area contributed by atoms with E-state index in [0.717, 1.165) is 16.5 Å². The number of para-hydroxylation sites is 1. The maximum atomic E-state index is 6.00. The van der Waals surface area contributed by atoms with Crippen LogP contribution in [0.15, 0.2) is 29.3 Å². The number of halogens is 2. The maximum Gasteiger partial charge on any atom is 0.134 e. The molecule has 2 rings (SSSR count). The molecule has 0 amide bonds. The van der Waals surface area contributed by atoms with Crippen molar-refractivity contribution in [1.29, 1.82) is 0 Å². The predicted molar refractivity (Wildman–Crippen MR) is 65.0 cm³/mol. The Hall–Kier alpha value is -1.12. The Morgan fingerprint density at radius 1 is 1.33 bits per heavy atom. The van der Waals surface area contributed by atoms with Gasteiger partial charge in [-0.1, -0.05) is 35.3 Å². The molecule has 0 bridgehead atoms. The molecule has 0 spiro atoms. The maximum absolute atomic E-state index is 6.00. The Balaban J connectivity index is 2.70. The van der Waals surface area contributed by atoms with Crippen LogP contribution in [0, 0.1) is 0 Å². The second-order valence-corrected chi connectivity index (χ2v) is 3.90. The van der Waals surface area contributed by atoms with Crippen LogP contribution in [0.25, 0.3) is 10.9 Å². The normalized spacial score (nSPS) is 10.5. The Morgan fingerprint density at radius 2 is 2.13 bits per heavy atom. The fraction of sp³-hybridized carbons (Fsp3) is 0.0909. The van der Waals surface area contributed by atoms with Crippen molar-refractivity contribution in [3.8, 4) is 0 Å². The van der Waals surface area contributed by atoms with Gasteiger partial charge >= 0.3 is 0 Å². The summed E-state index contributed by atoms with van der Waals surface area (Å²) >= 11 is 12.0. The Morgan fingerprint density at radius 3 is 2.87 bits per heavy atom. The highest BCUT2D eigenvalue weighted by atomic mass is 35.5. The van der Waals surface area contributed by atoms with Crippen LogP contribution >= 0.6 is 23.2 Å². The summed E-state index contributed by atoms with van der Waals surface area (Å²) < 4.78 is 0. The molecule has 4 heteroatoms. The van der Waals surface area contributed by atoms with E-state index in [1.807, 2.05) is 18.2 Å². The Labute approximate surface area is 97.6 Å². The second kappa shape index (κ2) is 4.17. The molecule has 0 aliphatic heterocycles. The molecule has 0 radical (unpaired) electrons. The average molecular weight is 239 g/mol. The van der Waals surface area contributed by atoms with E-state index in [1.165, 1.54) is 0 Å². The summed E-state index contributed by atoms with van der Waals surface area (Å²) in [5.41, 5.74) is 1.58. The van der Waals surface area contributed by atoms with Crippen molar-refractivity contribution in [1.82, 2.24) is 4.98 Å². The number of aromatic nitrogens is 1. The number of aliphatic imine (C=N–C) groups is 1. The predicted octanol–water partition coefficient (Wildman–Crippen LogP) is 3.74. The fourth-order valence-corrected chi connectivity index (χ4v) is 1.84. The summed E-state index contributed by atoms with van der Waals surface area (Å²) in [5.74, 6) is 0. The largest absolute Gasteiger partial charge is 0.296 e. The first-order chi connectivity index (χ1) is 7.22. The minimum absolute atomic E-state index is 0.433. The molecule has 0 aliphatic carbocycles. The van der Waals surface area contributed by atoms with E-state index in [1.54, 1.807) is 6.07 Å². The molecule has 0 unspecified atom stereocenters. The van der Waals surface area contributed by atoms with Crippen LogP contribution in [0.1, 0.15) is 5.56 Å². The molecule has 2 nitrogen and oxygen atoms in total. The lowest BCUT2D eigenvalue weighted by Crippen LogP contribution is -1.89. The first kappa shape index (κ1) is 10.4. The van der Waals surface area contributed by atoms with Crippen LogP contribution < -0.4 is 0 Å². The fourth-order valence-electron chi connectivity index (χ4n) is 1.41. The molecule has 0 fully saturated rings. The van der Waals surface area contributed by atoms with Gasteiger partial charge in [0.05, 0.1) is 17.1 Å². The molecule has 15 heavy (non-hydrogen) atoms. The standard InChI is InChI=1S/C11H8Cl2N2/c1-14-6-8-5-7-3-2-4-9(12)10(7)15-11(8)13/h2-5H,1,6H2. The quantitative estimate of drug-likeness (QED) is 0.578. The minimum Gasteiger partial charge on any atom is -0.296 e. The van der Waals surface area contributed by atoms with E-state index in [2.05, 4.69) is 16.7 Å². The van der Waals surface area contributed by atoms with Gasteiger partial charge in [-0.25, -0.2) is 4.98 Å². The van der Waals surface area contributed by atoms with Crippen LogP contribution in [0.5, 0.6) is 0 Å². The number of rotatable bonds is 2. The minimum atomic E-state index is 0.433. The molecule has 1 heterocycles. The Bertz CT molecular complexity index is 523. The topological polar surface area (TPSA) is 25.2 Å². The lowest BCUT2D eigenvalue weighted by Gasteiger charge is -2.04.